The van der Waals surface area contributed by atoms with E-state index in [1.54, 1.807) is 0 Å². The molecular formula is C15H14Br2O2. The van der Waals surface area contributed by atoms with Crippen molar-refractivity contribution in [1.82, 2.24) is 0 Å². The van der Waals surface area contributed by atoms with E-state index in [2.05, 4.69) is 31.9 Å². The molecule has 2 aromatic rings. The Morgan fingerprint density at radius 3 is 1.95 bits per heavy atom. The van der Waals surface area contributed by atoms with E-state index in [4.69, 9.17) is 9.47 Å². The maximum absolute atomic E-state index is 5.56. The lowest BCUT2D eigenvalue weighted by Gasteiger charge is -2.07. The van der Waals surface area contributed by atoms with Crippen LogP contribution in [0.3, 0.4) is 0 Å². The molecule has 0 bridgehead atoms. The highest BCUT2D eigenvalue weighted by Gasteiger charge is 1.96. The van der Waals surface area contributed by atoms with Crippen LogP contribution in [0, 0.1) is 0 Å². The summed E-state index contributed by atoms with van der Waals surface area (Å²) in [5, 5.41) is 0. The number of hydrogen-bond donors (Lipinski definition) is 0. The second-order valence-electron chi connectivity index (χ2n) is 3.98. The fraction of sp³-hybridized carbons (Fsp3) is 0.200. The zero-order valence-corrected chi connectivity index (χ0v) is 13.5. The van der Waals surface area contributed by atoms with Gasteiger partial charge < -0.3 is 9.47 Å². The van der Waals surface area contributed by atoms with Crippen molar-refractivity contribution in [3.63, 3.8) is 0 Å². The highest BCUT2D eigenvalue weighted by molar-refractivity contribution is 9.10. The minimum atomic E-state index is 0.554. The fourth-order valence-corrected chi connectivity index (χ4v) is 2.05. The van der Waals surface area contributed by atoms with Crippen molar-refractivity contribution in [2.75, 3.05) is 13.2 Å². The van der Waals surface area contributed by atoms with Gasteiger partial charge in [-0.2, -0.15) is 0 Å². The largest absolute Gasteiger partial charge is 0.491 e. The molecule has 100 valence electrons. The standard InChI is InChI=1S/C15H14Br2O2/c16-13-3-1-12(2-4-13)11-18-9-10-19-15-7-5-14(17)6-8-15/h1-8H,9-11H2. The van der Waals surface area contributed by atoms with Crippen LogP contribution in [0.1, 0.15) is 5.56 Å². The maximum atomic E-state index is 5.56. The summed E-state index contributed by atoms with van der Waals surface area (Å²) in [6.45, 7) is 1.74. The van der Waals surface area contributed by atoms with Crippen molar-refractivity contribution in [3.8, 4) is 5.75 Å². The summed E-state index contributed by atoms with van der Waals surface area (Å²) in [5.74, 6) is 0.857. The van der Waals surface area contributed by atoms with Crippen molar-refractivity contribution >= 4 is 31.9 Å². The Hall–Kier alpha value is -0.840. The molecule has 0 heterocycles. The summed E-state index contributed by atoms with van der Waals surface area (Å²) in [5.41, 5.74) is 1.16. The Bertz CT molecular complexity index is 447. The van der Waals surface area contributed by atoms with E-state index in [1.807, 2.05) is 48.5 Å². The monoisotopic (exact) mass is 384 g/mol. The molecular weight excluding hydrogens is 372 g/mol. The lowest BCUT2D eigenvalue weighted by molar-refractivity contribution is 0.0889. The van der Waals surface area contributed by atoms with Crippen molar-refractivity contribution in [1.29, 1.82) is 0 Å². The third-order valence-electron chi connectivity index (χ3n) is 2.49. The van der Waals surface area contributed by atoms with E-state index in [1.165, 1.54) is 0 Å². The lowest BCUT2D eigenvalue weighted by atomic mass is 10.2. The topological polar surface area (TPSA) is 18.5 Å². The molecule has 0 saturated heterocycles. The second-order valence-corrected chi connectivity index (χ2v) is 5.81. The Kier molecular flexibility index (Phi) is 5.89. The summed E-state index contributed by atoms with van der Waals surface area (Å²) in [6.07, 6.45) is 0. The highest BCUT2D eigenvalue weighted by Crippen LogP contribution is 2.16. The van der Waals surface area contributed by atoms with Gasteiger partial charge in [0.1, 0.15) is 12.4 Å². The summed E-state index contributed by atoms with van der Waals surface area (Å²) in [6, 6.07) is 15.9. The molecule has 0 unspecified atom stereocenters. The normalized spacial score (nSPS) is 10.4. The molecule has 0 fully saturated rings. The number of ether oxygens (including phenoxy) is 2. The number of rotatable bonds is 6. The van der Waals surface area contributed by atoms with E-state index < -0.39 is 0 Å². The van der Waals surface area contributed by atoms with E-state index in [0.717, 1.165) is 20.3 Å². The predicted molar refractivity (Wildman–Crippen MR) is 83.4 cm³/mol. The van der Waals surface area contributed by atoms with E-state index in [9.17, 15) is 0 Å². The van der Waals surface area contributed by atoms with Crippen molar-refractivity contribution in [2.45, 2.75) is 6.61 Å². The van der Waals surface area contributed by atoms with Gasteiger partial charge in [-0.25, -0.2) is 0 Å². The first-order chi connectivity index (χ1) is 9.24. The third-order valence-corrected chi connectivity index (χ3v) is 3.55. The van der Waals surface area contributed by atoms with Crippen LogP contribution >= 0.6 is 31.9 Å². The van der Waals surface area contributed by atoms with Crippen LogP contribution in [0.15, 0.2) is 57.5 Å². The van der Waals surface area contributed by atoms with Crippen LogP contribution in [0.5, 0.6) is 5.75 Å². The summed E-state index contributed by atoms with van der Waals surface area (Å²) < 4.78 is 13.2. The summed E-state index contributed by atoms with van der Waals surface area (Å²) in [4.78, 5) is 0. The minimum Gasteiger partial charge on any atom is -0.491 e. The SMILES string of the molecule is Brc1ccc(COCCOc2ccc(Br)cc2)cc1. The summed E-state index contributed by atoms with van der Waals surface area (Å²) >= 11 is 6.79. The quantitative estimate of drug-likeness (QED) is 0.664. The molecule has 0 radical (unpaired) electrons. The number of halogens is 2. The van der Waals surface area contributed by atoms with Gasteiger partial charge in [0, 0.05) is 8.95 Å². The van der Waals surface area contributed by atoms with E-state index >= 15 is 0 Å². The van der Waals surface area contributed by atoms with Crippen LogP contribution in [0.25, 0.3) is 0 Å². The van der Waals surface area contributed by atoms with Crippen molar-refractivity contribution < 1.29 is 9.47 Å². The first kappa shape index (κ1) is 14.6. The fourth-order valence-electron chi connectivity index (χ4n) is 1.52. The third kappa shape index (κ3) is 5.35. The number of hydrogen-bond acceptors (Lipinski definition) is 2. The molecule has 0 aromatic heterocycles. The molecule has 2 rings (SSSR count). The van der Waals surface area contributed by atoms with Gasteiger partial charge in [-0.15, -0.1) is 0 Å². The average molecular weight is 386 g/mol. The van der Waals surface area contributed by atoms with Gasteiger partial charge in [0.05, 0.1) is 13.2 Å². The smallest absolute Gasteiger partial charge is 0.119 e. The first-order valence-electron chi connectivity index (χ1n) is 5.94. The van der Waals surface area contributed by atoms with Gasteiger partial charge in [-0.05, 0) is 42.0 Å². The predicted octanol–water partition coefficient (Wildman–Crippen LogP) is 4.81. The molecule has 0 spiro atoms. The molecule has 0 aliphatic heterocycles. The number of benzene rings is 2. The molecule has 0 N–H and O–H groups in total. The zero-order valence-electron chi connectivity index (χ0n) is 10.3. The van der Waals surface area contributed by atoms with Crippen LogP contribution in [-0.2, 0) is 11.3 Å². The molecule has 0 amide bonds. The zero-order chi connectivity index (χ0) is 13.5. The molecule has 0 saturated carbocycles. The Morgan fingerprint density at radius 2 is 1.32 bits per heavy atom. The Morgan fingerprint density at radius 1 is 0.737 bits per heavy atom. The molecule has 0 atom stereocenters. The maximum Gasteiger partial charge on any atom is 0.119 e. The van der Waals surface area contributed by atoms with Crippen LogP contribution < -0.4 is 4.74 Å². The van der Waals surface area contributed by atoms with Crippen LogP contribution in [0.4, 0.5) is 0 Å². The van der Waals surface area contributed by atoms with Crippen molar-refractivity contribution in [3.05, 3.63) is 63.0 Å². The summed E-state index contributed by atoms with van der Waals surface area (Å²) in [7, 11) is 0. The van der Waals surface area contributed by atoms with E-state index in [0.29, 0.717) is 19.8 Å². The second kappa shape index (κ2) is 7.68. The molecule has 2 nitrogen and oxygen atoms in total. The molecule has 0 aliphatic rings. The van der Waals surface area contributed by atoms with Gasteiger partial charge in [0.15, 0.2) is 0 Å². The first-order valence-corrected chi connectivity index (χ1v) is 7.53. The molecule has 4 heteroatoms. The van der Waals surface area contributed by atoms with Gasteiger partial charge >= 0.3 is 0 Å². The molecule has 0 aliphatic carbocycles. The molecule has 19 heavy (non-hydrogen) atoms. The van der Waals surface area contributed by atoms with Crippen molar-refractivity contribution in [2.24, 2.45) is 0 Å². The Labute approximate surface area is 130 Å². The van der Waals surface area contributed by atoms with Crippen LogP contribution in [-0.4, -0.2) is 13.2 Å². The minimum absolute atomic E-state index is 0.554. The average Bonchev–Trinajstić information content (AvgIpc) is 2.43. The van der Waals surface area contributed by atoms with Gasteiger partial charge in [-0.1, -0.05) is 44.0 Å². The lowest BCUT2D eigenvalue weighted by Crippen LogP contribution is -2.06. The Balaban J connectivity index is 1.64. The molecule has 2 aromatic carbocycles. The van der Waals surface area contributed by atoms with Gasteiger partial charge in [-0.3, -0.25) is 0 Å². The highest BCUT2D eigenvalue weighted by atomic mass is 79.9. The van der Waals surface area contributed by atoms with Gasteiger partial charge in [0.25, 0.3) is 0 Å². The van der Waals surface area contributed by atoms with Crippen LogP contribution in [0.2, 0.25) is 0 Å². The van der Waals surface area contributed by atoms with E-state index in [-0.39, 0.29) is 0 Å². The van der Waals surface area contributed by atoms with Gasteiger partial charge in [0.2, 0.25) is 0 Å².